The number of nitrogens with zero attached hydrogens (tertiary/aromatic N) is 2. The number of hydrogen-bond donors (Lipinski definition) is 1. The van der Waals surface area contributed by atoms with E-state index in [-0.39, 0.29) is 17.3 Å². The van der Waals surface area contributed by atoms with Gasteiger partial charge in [0.15, 0.2) is 0 Å². The van der Waals surface area contributed by atoms with Crippen LogP contribution in [-0.2, 0) is 21.4 Å². The Bertz CT molecular complexity index is 1040. The highest BCUT2D eigenvalue weighted by atomic mass is 79.9. The number of benzene rings is 2. The number of amidine groups is 1. The number of amides is 1. The van der Waals surface area contributed by atoms with E-state index in [0.717, 1.165) is 16.5 Å². The lowest BCUT2D eigenvalue weighted by atomic mass is 10.2. The van der Waals surface area contributed by atoms with Crippen LogP contribution in [-0.4, -0.2) is 37.8 Å². The van der Waals surface area contributed by atoms with Gasteiger partial charge in [0, 0.05) is 11.0 Å². The number of sulfonamides is 1. The predicted molar refractivity (Wildman–Crippen MR) is 109 cm³/mol. The molecule has 1 saturated heterocycles. The fourth-order valence-corrected chi connectivity index (χ4v) is 4.89. The van der Waals surface area contributed by atoms with Crippen molar-refractivity contribution in [3.63, 3.8) is 0 Å². The summed E-state index contributed by atoms with van der Waals surface area (Å²) >= 11 is 3.35. The number of anilines is 1. The van der Waals surface area contributed by atoms with Crippen molar-refractivity contribution in [1.82, 2.24) is 4.90 Å². The van der Waals surface area contributed by atoms with Gasteiger partial charge < -0.3 is 10.1 Å². The van der Waals surface area contributed by atoms with Crippen LogP contribution in [0.25, 0.3) is 0 Å². The zero-order valence-corrected chi connectivity index (χ0v) is 17.2. The third kappa shape index (κ3) is 3.77. The van der Waals surface area contributed by atoms with Gasteiger partial charge in [-0.2, -0.15) is 8.42 Å². The third-order valence-corrected chi connectivity index (χ3v) is 6.55. The molecule has 1 unspecified atom stereocenters. The van der Waals surface area contributed by atoms with Crippen LogP contribution in [0.4, 0.5) is 10.5 Å². The Labute approximate surface area is 171 Å². The van der Waals surface area contributed by atoms with Crippen molar-refractivity contribution < 1.29 is 17.9 Å². The Morgan fingerprint density at radius 2 is 2.04 bits per heavy atom. The second-order valence-corrected chi connectivity index (χ2v) is 9.10. The summed E-state index contributed by atoms with van der Waals surface area (Å²) < 4.78 is 35.2. The van der Waals surface area contributed by atoms with E-state index in [9.17, 15) is 13.2 Å². The van der Waals surface area contributed by atoms with Crippen molar-refractivity contribution in [2.24, 2.45) is 4.40 Å². The van der Waals surface area contributed by atoms with Gasteiger partial charge >= 0.3 is 6.09 Å². The molecule has 1 amide bonds. The molecular weight excluding hydrogens is 446 g/mol. The molecule has 146 valence electrons. The maximum atomic E-state index is 12.6. The zero-order valence-electron chi connectivity index (χ0n) is 14.8. The molecule has 0 aliphatic carbocycles. The summed E-state index contributed by atoms with van der Waals surface area (Å²) in [4.78, 5) is 14.3. The highest BCUT2D eigenvalue weighted by Crippen LogP contribution is 2.32. The fraction of sp³-hybridized carbons (Fsp3) is 0.263. The summed E-state index contributed by atoms with van der Waals surface area (Å²) in [5.41, 5.74) is 1.34. The van der Waals surface area contributed by atoms with Crippen molar-refractivity contribution in [2.45, 2.75) is 30.4 Å². The van der Waals surface area contributed by atoms with Crippen molar-refractivity contribution in [2.75, 3.05) is 11.9 Å². The summed E-state index contributed by atoms with van der Waals surface area (Å²) in [5, 5.41) is 3.09. The van der Waals surface area contributed by atoms with Crippen molar-refractivity contribution in [3.8, 4) is 0 Å². The van der Waals surface area contributed by atoms with E-state index in [4.69, 9.17) is 4.74 Å². The molecule has 1 N–H and O–H groups in total. The van der Waals surface area contributed by atoms with Gasteiger partial charge in [-0.15, -0.1) is 4.40 Å². The number of halogens is 1. The highest BCUT2D eigenvalue weighted by molar-refractivity contribution is 9.10. The molecular formula is C19H18BrN3O4S. The first-order chi connectivity index (χ1) is 13.4. The van der Waals surface area contributed by atoms with Gasteiger partial charge in [-0.3, -0.25) is 4.90 Å². The van der Waals surface area contributed by atoms with Crippen molar-refractivity contribution >= 4 is 43.6 Å². The van der Waals surface area contributed by atoms with Gasteiger partial charge in [0.05, 0.1) is 11.7 Å². The number of carbonyl (C=O) groups excluding carboxylic acids is 1. The van der Waals surface area contributed by atoms with Crippen LogP contribution >= 0.6 is 15.9 Å². The van der Waals surface area contributed by atoms with Gasteiger partial charge in [0.2, 0.25) is 0 Å². The van der Waals surface area contributed by atoms with Gasteiger partial charge in [-0.05, 0) is 36.6 Å². The summed E-state index contributed by atoms with van der Waals surface area (Å²) in [6.07, 6.45) is 0.885. The molecule has 4 rings (SSSR count). The molecule has 2 aromatic rings. The number of carbonyl (C=O) groups is 1. The van der Waals surface area contributed by atoms with Crippen LogP contribution in [0.1, 0.15) is 18.4 Å². The van der Waals surface area contributed by atoms with E-state index in [2.05, 4.69) is 25.6 Å². The van der Waals surface area contributed by atoms with E-state index in [1.807, 2.05) is 30.3 Å². The summed E-state index contributed by atoms with van der Waals surface area (Å²) in [7, 11) is -3.82. The Morgan fingerprint density at radius 1 is 1.25 bits per heavy atom. The summed E-state index contributed by atoms with van der Waals surface area (Å²) in [6, 6.07) is 13.8. The molecule has 0 saturated carbocycles. The highest BCUT2D eigenvalue weighted by Gasteiger charge is 2.37. The molecule has 28 heavy (non-hydrogen) atoms. The topological polar surface area (TPSA) is 88.1 Å². The van der Waals surface area contributed by atoms with E-state index >= 15 is 0 Å². The lowest BCUT2D eigenvalue weighted by Crippen LogP contribution is -2.44. The van der Waals surface area contributed by atoms with Crippen LogP contribution in [0.2, 0.25) is 0 Å². The molecule has 2 aromatic carbocycles. The molecule has 9 heteroatoms. The number of fused-ring (bicyclic) bond motifs is 1. The number of nitrogens with one attached hydrogen (secondary N) is 1. The maximum absolute atomic E-state index is 12.6. The first kappa shape index (κ1) is 18.9. The van der Waals surface area contributed by atoms with Crippen LogP contribution in [0.5, 0.6) is 0 Å². The molecule has 2 aliphatic heterocycles. The SMILES string of the molecule is O=C(OCc1ccccc1)N1CCCC1C1=NS(=O)(=O)c2ccc(Br)cc2N1. The average molecular weight is 464 g/mol. The Hall–Kier alpha value is -2.39. The first-order valence-corrected chi connectivity index (χ1v) is 11.1. The number of likely N-dealkylation sites (tertiary alicyclic amines) is 1. The molecule has 2 aliphatic rings. The van der Waals surface area contributed by atoms with Crippen LogP contribution in [0.3, 0.4) is 0 Å². The maximum Gasteiger partial charge on any atom is 0.410 e. The lowest BCUT2D eigenvalue weighted by Gasteiger charge is -2.28. The molecule has 1 fully saturated rings. The van der Waals surface area contributed by atoms with Gasteiger partial charge in [0.25, 0.3) is 10.0 Å². The predicted octanol–water partition coefficient (Wildman–Crippen LogP) is 3.76. The van der Waals surface area contributed by atoms with Gasteiger partial charge in [-0.25, -0.2) is 4.79 Å². The smallest absolute Gasteiger partial charge is 0.410 e. The minimum absolute atomic E-state index is 0.121. The third-order valence-electron chi connectivity index (χ3n) is 4.71. The molecule has 0 radical (unpaired) electrons. The van der Waals surface area contributed by atoms with Crippen molar-refractivity contribution in [3.05, 3.63) is 58.6 Å². The molecule has 0 bridgehead atoms. The minimum atomic E-state index is -3.82. The van der Waals surface area contributed by atoms with E-state index in [0.29, 0.717) is 18.7 Å². The van der Waals surface area contributed by atoms with Gasteiger partial charge in [-0.1, -0.05) is 46.3 Å². The molecule has 1 atom stereocenters. The molecule has 0 spiro atoms. The monoisotopic (exact) mass is 463 g/mol. The van der Waals surface area contributed by atoms with Crippen molar-refractivity contribution in [1.29, 1.82) is 0 Å². The van der Waals surface area contributed by atoms with E-state index in [1.165, 1.54) is 11.0 Å². The molecule has 2 heterocycles. The number of ether oxygens (including phenoxy) is 1. The normalized spacial score (nSPS) is 20.1. The van der Waals surface area contributed by atoms with Crippen LogP contribution < -0.4 is 5.32 Å². The standard InChI is InChI=1S/C19H18BrN3O4S/c20-14-8-9-17-15(11-14)21-18(22-28(17,25)26)16-7-4-10-23(16)19(24)27-12-13-5-2-1-3-6-13/h1-3,5-6,8-9,11,16H,4,7,10,12H2,(H,21,22). The Balaban J connectivity index is 1.53. The molecule has 7 nitrogen and oxygen atoms in total. The zero-order chi connectivity index (χ0) is 19.7. The average Bonchev–Trinajstić information content (AvgIpc) is 3.16. The summed E-state index contributed by atoms with van der Waals surface area (Å²) in [6.45, 7) is 0.654. The molecule has 0 aromatic heterocycles. The number of hydrogen-bond acceptors (Lipinski definition) is 5. The van der Waals surface area contributed by atoms with E-state index in [1.54, 1.807) is 12.1 Å². The first-order valence-electron chi connectivity index (χ1n) is 8.83. The Kier molecular flexibility index (Phi) is 5.11. The number of rotatable bonds is 3. The van der Waals surface area contributed by atoms with Crippen LogP contribution in [0.15, 0.2) is 62.3 Å². The van der Waals surface area contributed by atoms with Gasteiger partial charge in [0.1, 0.15) is 17.3 Å². The summed E-state index contributed by atoms with van der Waals surface area (Å²) in [5.74, 6) is 0.250. The van der Waals surface area contributed by atoms with Crippen LogP contribution in [0, 0.1) is 0 Å². The second-order valence-electron chi connectivity index (χ2n) is 6.61. The quantitative estimate of drug-likeness (QED) is 0.748. The van der Waals surface area contributed by atoms with E-state index < -0.39 is 22.2 Å². The lowest BCUT2D eigenvalue weighted by molar-refractivity contribution is 0.0992. The second kappa shape index (κ2) is 7.56. The largest absolute Gasteiger partial charge is 0.445 e. The fourth-order valence-electron chi connectivity index (χ4n) is 3.38. The minimum Gasteiger partial charge on any atom is -0.445 e. The Morgan fingerprint density at radius 3 is 2.82 bits per heavy atom.